The van der Waals surface area contributed by atoms with Gasteiger partial charge in [0.2, 0.25) is 0 Å². The number of amides is 1. The second kappa shape index (κ2) is 8.87. The second-order valence-electron chi connectivity index (χ2n) is 8.17. The lowest BCUT2D eigenvalue weighted by molar-refractivity contribution is -0.0304. The number of nitrogens with one attached hydrogen (secondary N) is 1. The molecule has 26 heavy (non-hydrogen) atoms. The van der Waals surface area contributed by atoms with Crippen LogP contribution in [0, 0.1) is 5.41 Å². The minimum atomic E-state index is -0.250. The summed E-state index contributed by atoms with van der Waals surface area (Å²) >= 11 is 0. The van der Waals surface area contributed by atoms with E-state index in [1.54, 1.807) is 4.90 Å². The summed E-state index contributed by atoms with van der Waals surface area (Å²) in [5.41, 5.74) is 1.34. The number of benzene rings is 1. The van der Waals surface area contributed by atoms with Crippen LogP contribution in [0.15, 0.2) is 30.3 Å². The zero-order valence-corrected chi connectivity index (χ0v) is 16.1. The highest BCUT2D eigenvalue weighted by Gasteiger charge is 2.33. The van der Waals surface area contributed by atoms with Crippen molar-refractivity contribution in [1.29, 1.82) is 0 Å². The van der Waals surface area contributed by atoms with Crippen molar-refractivity contribution in [3.05, 3.63) is 35.9 Å². The van der Waals surface area contributed by atoms with Crippen molar-refractivity contribution >= 4 is 6.09 Å². The molecule has 1 N–H and O–H groups in total. The molecule has 1 saturated heterocycles. The lowest BCUT2D eigenvalue weighted by atomic mass is 9.73. The van der Waals surface area contributed by atoms with Gasteiger partial charge in [0, 0.05) is 19.1 Å². The van der Waals surface area contributed by atoms with Crippen molar-refractivity contribution in [2.45, 2.75) is 58.3 Å². The van der Waals surface area contributed by atoms with Crippen LogP contribution in [-0.2, 0) is 16.1 Å². The van der Waals surface area contributed by atoms with Crippen LogP contribution >= 0.6 is 0 Å². The number of ether oxygens (including phenoxy) is 2. The van der Waals surface area contributed by atoms with Crippen molar-refractivity contribution < 1.29 is 14.3 Å². The Morgan fingerprint density at radius 1 is 1.31 bits per heavy atom. The first-order valence-corrected chi connectivity index (χ1v) is 9.85. The molecular weight excluding hydrogens is 328 g/mol. The third-order valence-electron chi connectivity index (χ3n) is 5.70. The van der Waals surface area contributed by atoms with Crippen molar-refractivity contribution in [1.82, 2.24) is 10.2 Å². The largest absolute Gasteiger partial charge is 0.445 e. The molecule has 0 bridgehead atoms. The average Bonchev–Trinajstić information content (AvgIpc) is 2.66. The highest BCUT2D eigenvalue weighted by molar-refractivity contribution is 5.67. The van der Waals surface area contributed by atoms with E-state index in [2.05, 4.69) is 19.2 Å². The molecule has 2 aliphatic rings. The van der Waals surface area contributed by atoms with Crippen LogP contribution in [0.2, 0.25) is 0 Å². The van der Waals surface area contributed by atoms with E-state index in [0.717, 1.165) is 12.1 Å². The van der Waals surface area contributed by atoms with Gasteiger partial charge in [-0.25, -0.2) is 4.79 Å². The van der Waals surface area contributed by atoms with E-state index in [4.69, 9.17) is 9.47 Å². The predicted molar refractivity (Wildman–Crippen MR) is 102 cm³/mol. The monoisotopic (exact) mass is 360 g/mol. The van der Waals surface area contributed by atoms with Crippen molar-refractivity contribution in [2.24, 2.45) is 5.41 Å². The molecule has 144 valence electrons. The van der Waals surface area contributed by atoms with Gasteiger partial charge in [-0.1, -0.05) is 57.0 Å². The van der Waals surface area contributed by atoms with Crippen LogP contribution in [0.1, 0.15) is 45.1 Å². The molecule has 1 aromatic rings. The molecule has 1 aromatic carbocycles. The molecule has 1 aliphatic carbocycles. The summed E-state index contributed by atoms with van der Waals surface area (Å²) in [6.07, 6.45) is 4.90. The van der Waals surface area contributed by atoms with Gasteiger partial charge in [-0.3, -0.25) is 0 Å². The van der Waals surface area contributed by atoms with Gasteiger partial charge in [0.1, 0.15) is 6.61 Å². The number of hydrogen-bond donors (Lipinski definition) is 1. The molecule has 5 heteroatoms. The quantitative estimate of drug-likeness (QED) is 0.872. The van der Waals surface area contributed by atoms with E-state index in [1.165, 1.54) is 25.7 Å². The lowest BCUT2D eigenvalue weighted by Gasteiger charge is -2.40. The summed E-state index contributed by atoms with van der Waals surface area (Å²) < 4.78 is 11.3. The summed E-state index contributed by atoms with van der Waals surface area (Å²) in [6.45, 7) is 7.55. The van der Waals surface area contributed by atoms with Gasteiger partial charge in [0.25, 0.3) is 0 Å². The maximum Gasteiger partial charge on any atom is 0.410 e. The molecule has 2 unspecified atom stereocenters. The Balaban J connectivity index is 1.44. The standard InChI is InChI=1S/C21H32N2O3/c1-21(2)11-7-6-10-19(21)22-14-18-15-23(12-13-25-18)20(24)26-16-17-8-4-3-5-9-17/h3-5,8-9,18-19,22H,6-7,10-16H2,1-2H3. The van der Waals surface area contributed by atoms with Gasteiger partial charge in [-0.05, 0) is 23.8 Å². The molecular formula is C21H32N2O3. The number of hydrogen-bond acceptors (Lipinski definition) is 4. The molecule has 5 nitrogen and oxygen atoms in total. The topological polar surface area (TPSA) is 50.8 Å². The van der Waals surface area contributed by atoms with E-state index in [9.17, 15) is 4.79 Å². The van der Waals surface area contributed by atoms with Crippen LogP contribution in [0.25, 0.3) is 0 Å². The summed E-state index contributed by atoms with van der Waals surface area (Å²) in [5, 5.41) is 3.70. The fourth-order valence-electron chi connectivity index (χ4n) is 3.97. The van der Waals surface area contributed by atoms with Crippen LogP contribution in [0.5, 0.6) is 0 Å². The fourth-order valence-corrected chi connectivity index (χ4v) is 3.97. The number of carbonyl (C=O) groups excluding carboxylic acids is 1. The average molecular weight is 360 g/mol. The van der Waals surface area contributed by atoms with Crippen molar-refractivity contribution in [3.63, 3.8) is 0 Å². The Labute approximate surface area is 157 Å². The molecule has 1 saturated carbocycles. The van der Waals surface area contributed by atoms with Crippen LogP contribution < -0.4 is 5.32 Å². The Morgan fingerprint density at radius 3 is 2.88 bits per heavy atom. The zero-order valence-electron chi connectivity index (χ0n) is 16.1. The normalized spacial score (nSPS) is 25.7. The number of nitrogens with zero attached hydrogens (tertiary/aromatic N) is 1. The van der Waals surface area contributed by atoms with E-state index in [0.29, 0.717) is 37.8 Å². The Morgan fingerprint density at radius 2 is 2.12 bits per heavy atom. The van der Waals surface area contributed by atoms with Gasteiger partial charge in [-0.2, -0.15) is 0 Å². The zero-order chi connectivity index (χ0) is 18.4. The van der Waals surface area contributed by atoms with E-state index in [1.807, 2.05) is 30.3 Å². The third kappa shape index (κ3) is 5.21. The van der Waals surface area contributed by atoms with E-state index < -0.39 is 0 Å². The van der Waals surface area contributed by atoms with Crippen LogP contribution in [0.3, 0.4) is 0 Å². The minimum Gasteiger partial charge on any atom is -0.445 e. The molecule has 0 aromatic heterocycles. The summed E-state index contributed by atoms with van der Waals surface area (Å²) in [4.78, 5) is 14.1. The van der Waals surface area contributed by atoms with Gasteiger partial charge >= 0.3 is 6.09 Å². The summed E-state index contributed by atoms with van der Waals surface area (Å²) in [6, 6.07) is 10.3. The number of morpholine rings is 1. The predicted octanol–water partition coefficient (Wildman–Crippen LogP) is 3.58. The SMILES string of the molecule is CC1(C)CCCCC1NCC1CN(C(=O)OCc2ccccc2)CCO1. The van der Waals surface area contributed by atoms with Crippen molar-refractivity contribution in [3.8, 4) is 0 Å². The molecule has 2 atom stereocenters. The fraction of sp³-hybridized carbons (Fsp3) is 0.667. The number of rotatable bonds is 5. The molecule has 3 rings (SSSR count). The van der Waals surface area contributed by atoms with E-state index >= 15 is 0 Å². The first-order valence-electron chi connectivity index (χ1n) is 9.85. The third-order valence-corrected chi connectivity index (χ3v) is 5.70. The molecule has 1 heterocycles. The van der Waals surface area contributed by atoms with E-state index in [-0.39, 0.29) is 12.2 Å². The second-order valence-corrected chi connectivity index (χ2v) is 8.17. The summed E-state index contributed by atoms with van der Waals surface area (Å²) in [5.74, 6) is 0. The van der Waals surface area contributed by atoms with Crippen molar-refractivity contribution in [2.75, 3.05) is 26.2 Å². The number of carbonyl (C=O) groups is 1. The lowest BCUT2D eigenvalue weighted by Crippen LogP contribution is -2.52. The van der Waals surface area contributed by atoms with Gasteiger partial charge < -0.3 is 19.7 Å². The molecule has 1 amide bonds. The smallest absolute Gasteiger partial charge is 0.410 e. The van der Waals surface area contributed by atoms with Gasteiger partial charge in [0.05, 0.1) is 19.3 Å². The van der Waals surface area contributed by atoms with Gasteiger partial charge in [-0.15, -0.1) is 0 Å². The molecule has 1 aliphatic heterocycles. The highest BCUT2D eigenvalue weighted by Crippen LogP contribution is 2.35. The first-order chi connectivity index (χ1) is 12.5. The minimum absolute atomic E-state index is 0.0331. The van der Waals surface area contributed by atoms with Crippen LogP contribution in [0.4, 0.5) is 4.79 Å². The maximum absolute atomic E-state index is 12.4. The highest BCUT2D eigenvalue weighted by atomic mass is 16.6. The molecule has 0 spiro atoms. The molecule has 2 fully saturated rings. The first kappa shape index (κ1) is 19.2. The van der Waals surface area contributed by atoms with Gasteiger partial charge in [0.15, 0.2) is 0 Å². The maximum atomic E-state index is 12.4. The van der Waals surface area contributed by atoms with Crippen LogP contribution in [-0.4, -0.2) is 49.4 Å². The summed E-state index contributed by atoms with van der Waals surface area (Å²) in [7, 11) is 0. The molecule has 0 radical (unpaired) electrons. The Kier molecular flexibility index (Phi) is 6.54. The Hall–Kier alpha value is -1.59. The Bertz CT molecular complexity index is 576.